The van der Waals surface area contributed by atoms with E-state index in [1.807, 2.05) is 0 Å². The van der Waals surface area contributed by atoms with Gasteiger partial charge in [-0.2, -0.15) is 0 Å². The Morgan fingerprint density at radius 3 is 2.79 bits per heavy atom. The second-order valence-electron chi connectivity index (χ2n) is 2.61. The largest absolute Gasteiger partial charge is 0.325 e. The average Bonchev–Trinajstić information content (AvgIpc) is 2.12. The SMILES string of the molecule is O=C(CCI)Nc1cc(Cl)ccc1Cl. The summed E-state index contributed by atoms with van der Waals surface area (Å²) in [5, 5.41) is 3.74. The van der Waals surface area contributed by atoms with Crippen molar-refractivity contribution < 1.29 is 4.79 Å². The number of nitrogens with one attached hydrogen (secondary N) is 1. The van der Waals surface area contributed by atoms with Crippen LogP contribution in [-0.2, 0) is 4.79 Å². The third kappa shape index (κ3) is 3.63. The number of carbonyl (C=O) groups excluding carboxylic acids is 1. The van der Waals surface area contributed by atoms with Crippen LogP contribution in [0.15, 0.2) is 18.2 Å². The predicted molar refractivity (Wildman–Crippen MR) is 68.6 cm³/mol. The van der Waals surface area contributed by atoms with Gasteiger partial charge in [-0.3, -0.25) is 4.79 Å². The van der Waals surface area contributed by atoms with E-state index in [0.29, 0.717) is 22.2 Å². The van der Waals surface area contributed by atoms with Crippen LogP contribution in [-0.4, -0.2) is 10.3 Å². The lowest BCUT2D eigenvalue weighted by atomic mass is 10.3. The fraction of sp³-hybridized carbons (Fsp3) is 0.222. The van der Waals surface area contributed by atoms with Crippen LogP contribution in [0.25, 0.3) is 0 Å². The standard InChI is InChI=1S/C9H8Cl2INO/c10-6-1-2-7(11)8(5-6)13-9(14)3-4-12/h1-2,5H,3-4H2,(H,13,14). The molecule has 0 aromatic heterocycles. The number of benzene rings is 1. The van der Waals surface area contributed by atoms with Gasteiger partial charge in [-0.1, -0.05) is 45.8 Å². The summed E-state index contributed by atoms with van der Waals surface area (Å²) in [5.41, 5.74) is 0.564. The number of carbonyl (C=O) groups is 1. The summed E-state index contributed by atoms with van der Waals surface area (Å²) in [6.45, 7) is 0. The lowest BCUT2D eigenvalue weighted by molar-refractivity contribution is -0.115. The van der Waals surface area contributed by atoms with Gasteiger partial charge in [-0.25, -0.2) is 0 Å². The highest BCUT2D eigenvalue weighted by molar-refractivity contribution is 14.1. The highest BCUT2D eigenvalue weighted by atomic mass is 127. The summed E-state index contributed by atoms with van der Waals surface area (Å²) in [4.78, 5) is 11.3. The number of hydrogen-bond acceptors (Lipinski definition) is 1. The summed E-state index contributed by atoms with van der Waals surface area (Å²) in [6, 6.07) is 4.97. The van der Waals surface area contributed by atoms with Crippen LogP contribution in [0.3, 0.4) is 0 Å². The van der Waals surface area contributed by atoms with E-state index >= 15 is 0 Å². The first-order valence-electron chi connectivity index (χ1n) is 3.94. The normalized spacial score (nSPS) is 9.93. The number of halogens is 3. The molecule has 1 aromatic carbocycles. The van der Waals surface area contributed by atoms with Gasteiger partial charge in [-0.15, -0.1) is 0 Å². The molecule has 0 bridgehead atoms. The maximum atomic E-state index is 11.3. The molecule has 0 unspecified atom stereocenters. The first-order chi connectivity index (χ1) is 6.63. The molecule has 14 heavy (non-hydrogen) atoms. The number of amides is 1. The van der Waals surface area contributed by atoms with E-state index in [9.17, 15) is 4.79 Å². The molecule has 5 heteroatoms. The molecule has 1 N–H and O–H groups in total. The van der Waals surface area contributed by atoms with Gasteiger partial charge in [0.2, 0.25) is 5.91 Å². The van der Waals surface area contributed by atoms with Crippen molar-refractivity contribution in [1.29, 1.82) is 0 Å². The first-order valence-corrected chi connectivity index (χ1v) is 6.22. The van der Waals surface area contributed by atoms with Crippen LogP contribution in [0, 0.1) is 0 Å². The van der Waals surface area contributed by atoms with Crippen LogP contribution >= 0.6 is 45.8 Å². The number of rotatable bonds is 3. The van der Waals surface area contributed by atoms with Gasteiger partial charge < -0.3 is 5.32 Å². The molecule has 2 nitrogen and oxygen atoms in total. The van der Waals surface area contributed by atoms with Crippen LogP contribution in [0.1, 0.15) is 6.42 Å². The van der Waals surface area contributed by atoms with Crippen molar-refractivity contribution in [2.45, 2.75) is 6.42 Å². The lowest BCUT2D eigenvalue weighted by Gasteiger charge is -2.06. The molecule has 0 aliphatic rings. The molecule has 0 aliphatic heterocycles. The van der Waals surface area contributed by atoms with Gasteiger partial charge in [0, 0.05) is 15.9 Å². The Hall–Kier alpha value is -0.000000000000000111. The van der Waals surface area contributed by atoms with Gasteiger partial charge in [0.15, 0.2) is 0 Å². The van der Waals surface area contributed by atoms with Crippen LogP contribution in [0.2, 0.25) is 10.0 Å². The molecular weight excluding hydrogens is 336 g/mol. The van der Waals surface area contributed by atoms with E-state index in [1.54, 1.807) is 18.2 Å². The Bertz CT molecular complexity index is 344. The van der Waals surface area contributed by atoms with Crippen molar-refractivity contribution in [3.8, 4) is 0 Å². The van der Waals surface area contributed by atoms with Gasteiger partial charge in [0.05, 0.1) is 10.7 Å². The van der Waals surface area contributed by atoms with E-state index in [-0.39, 0.29) is 5.91 Å². The van der Waals surface area contributed by atoms with Crippen molar-refractivity contribution >= 4 is 57.4 Å². The minimum absolute atomic E-state index is 0.0523. The lowest BCUT2D eigenvalue weighted by Crippen LogP contribution is -2.11. The van der Waals surface area contributed by atoms with Gasteiger partial charge in [-0.05, 0) is 18.2 Å². The van der Waals surface area contributed by atoms with E-state index in [0.717, 1.165) is 4.43 Å². The van der Waals surface area contributed by atoms with Gasteiger partial charge >= 0.3 is 0 Å². The second kappa shape index (κ2) is 5.78. The number of hydrogen-bond donors (Lipinski definition) is 1. The monoisotopic (exact) mass is 343 g/mol. The van der Waals surface area contributed by atoms with Crippen molar-refractivity contribution in [3.63, 3.8) is 0 Å². The van der Waals surface area contributed by atoms with Crippen molar-refractivity contribution in [1.82, 2.24) is 0 Å². The molecule has 0 spiro atoms. The highest BCUT2D eigenvalue weighted by Gasteiger charge is 2.05. The Balaban J connectivity index is 2.75. The maximum Gasteiger partial charge on any atom is 0.225 e. The zero-order valence-electron chi connectivity index (χ0n) is 7.19. The fourth-order valence-corrected chi connectivity index (χ4v) is 1.72. The molecule has 0 fully saturated rings. The fourth-order valence-electron chi connectivity index (χ4n) is 0.892. The quantitative estimate of drug-likeness (QED) is 0.657. The van der Waals surface area contributed by atoms with E-state index < -0.39 is 0 Å². The molecule has 1 rings (SSSR count). The van der Waals surface area contributed by atoms with Gasteiger partial charge in [0.25, 0.3) is 0 Å². The average molecular weight is 344 g/mol. The summed E-state index contributed by atoms with van der Waals surface area (Å²) in [7, 11) is 0. The van der Waals surface area contributed by atoms with Crippen LogP contribution in [0.4, 0.5) is 5.69 Å². The zero-order chi connectivity index (χ0) is 10.6. The Labute approximate surface area is 106 Å². The summed E-state index contributed by atoms with van der Waals surface area (Å²) in [6.07, 6.45) is 0.476. The highest BCUT2D eigenvalue weighted by Crippen LogP contribution is 2.25. The molecule has 0 saturated heterocycles. The molecule has 0 heterocycles. The molecule has 1 amide bonds. The summed E-state index contributed by atoms with van der Waals surface area (Å²) in [5.74, 6) is -0.0523. The van der Waals surface area contributed by atoms with Crippen molar-refractivity contribution in [2.75, 3.05) is 9.74 Å². The van der Waals surface area contributed by atoms with E-state index in [4.69, 9.17) is 23.2 Å². The minimum Gasteiger partial charge on any atom is -0.325 e. The third-order valence-electron chi connectivity index (χ3n) is 1.52. The molecule has 0 radical (unpaired) electrons. The Morgan fingerprint density at radius 1 is 1.43 bits per heavy atom. The van der Waals surface area contributed by atoms with Gasteiger partial charge in [0.1, 0.15) is 0 Å². The smallest absolute Gasteiger partial charge is 0.225 e. The molecular formula is C9H8Cl2INO. The molecule has 0 saturated carbocycles. The Morgan fingerprint density at radius 2 is 2.14 bits per heavy atom. The molecule has 0 atom stereocenters. The van der Waals surface area contributed by atoms with E-state index in [2.05, 4.69) is 27.9 Å². The predicted octanol–water partition coefficient (Wildman–Crippen LogP) is 3.76. The molecule has 0 aliphatic carbocycles. The second-order valence-corrected chi connectivity index (χ2v) is 4.53. The van der Waals surface area contributed by atoms with E-state index in [1.165, 1.54) is 0 Å². The Kier molecular flexibility index (Phi) is 4.98. The van der Waals surface area contributed by atoms with Crippen molar-refractivity contribution in [3.05, 3.63) is 28.2 Å². The van der Waals surface area contributed by atoms with Crippen LogP contribution < -0.4 is 5.32 Å². The zero-order valence-corrected chi connectivity index (χ0v) is 10.9. The summed E-state index contributed by atoms with van der Waals surface area (Å²) < 4.78 is 0.780. The number of alkyl halides is 1. The minimum atomic E-state index is -0.0523. The van der Waals surface area contributed by atoms with Crippen LogP contribution in [0.5, 0.6) is 0 Å². The topological polar surface area (TPSA) is 29.1 Å². The molecule has 1 aromatic rings. The maximum absolute atomic E-state index is 11.3. The first kappa shape index (κ1) is 12.1. The van der Waals surface area contributed by atoms with Crippen molar-refractivity contribution in [2.24, 2.45) is 0 Å². The summed E-state index contributed by atoms with van der Waals surface area (Å²) >= 11 is 13.8. The molecule has 76 valence electrons. The number of anilines is 1. The third-order valence-corrected chi connectivity index (χ3v) is 2.63.